The summed E-state index contributed by atoms with van der Waals surface area (Å²) in [5, 5.41) is -0.0252. The van der Waals surface area contributed by atoms with E-state index in [9.17, 15) is 28.0 Å². The number of fused-ring (bicyclic) bond motifs is 2. The molecule has 10 nitrogen and oxygen atoms in total. The van der Waals surface area contributed by atoms with E-state index in [-0.39, 0.29) is 48.2 Å². The third kappa shape index (κ3) is 5.98. The fourth-order valence-electron chi connectivity index (χ4n) is 4.84. The lowest BCUT2D eigenvalue weighted by atomic mass is 10.1. The maximum absolute atomic E-state index is 14.2. The number of benzene rings is 2. The molecule has 3 aromatic heterocycles. The Balaban J connectivity index is 1.69. The second-order valence-electron chi connectivity index (χ2n) is 9.56. The normalized spacial score (nSPS) is 11.1. The molecule has 0 amide bonds. The van der Waals surface area contributed by atoms with Gasteiger partial charge in [-0.2, -0.15) is 0 Å². The van der Waals surface area contributed by atoms with E-state index in [2.05, 4.69) is 4.98 Å². The van der Waals surface area contributed by atoms with Gasteiger partial charge in [0.25, 0.3) is 0 Å². The molecule has 0 fully saturated rings. The number of esters is 2. The van der Waals surface area contributed by atoms with Crippen molar-refractivity contribution in [1.29, 1.82) is 0 Å². The first-order chi connectivity index (χ1) is 20.7. The molecule has 0 N–H and O–H groups in total. The third-order valence-electron chi connectivity index (χ3n) is 6.68. The molecular formula is C31H26F2N4O6. The van der Waals surface area contributed by atoms with Crippen molar-refractivity contribution >= 4 is 39.9 Å². The highest BCUT2D eigenvalue weighted by molar-refractivity contribution is 5.94. The number of hydrogen-bond acceptors (Lipinski definition) is 7. The Labute approximate surface area is 243 Å². The van der Waals surface area contributed by atoms with Crippen LogP contribution in [0, 0.1) is 11.6 Å². The van der Waals surface area contributed by atoms with Crippen LogP contribution in [0.5, 0.6) is 0 Å². The van der Waals surface area contributed by atoms with Gasteiger partial charge in [-0.1, -0.05) is 0 Å². The summed E-state index contributed by atoms with van der Waals surface area (Å²) >= 11 is 0. The van der Waals surface area contributed by atoms with Crippen LogP contribution in [0.1, 0.15) is 34.6 Å². The Morgan fingerprint density at radius 1 is 0.814 bits per heavy atom. The summed E-state index contributed by atoms with van der Waals surface area (Å²) in [5.74, 6) is -2.99. The molecule has 0 radical (unpaired) electrons. The van der Waals surface area contributed by atoms with Gasteiger partial charge in [0.2, 0.25) is 10.9 Å². The van der Waals surface area contributed by atoms with E-state index in [1.165, 1.54) is 36.7 Å². The standard InChI is InChI=1S/C31H26F2N4O6/c1-3-42-30(40)24-16-36(26-7-5-20(32)11-22(26)28(24)38)14-19(13-35-10-9-34-18-35)15-37-17-25(31(41)43-4-2)29(39)23-12-21(33)6-8-27(23)37/h5-13,16-18H,3-4,14-15H2,1-2H3. The van der Waals surface area contributed by atoms with Crippen molar-refractivity contribution in [1.82, 2.24) is 18.7 Å². The molecule has 0 aliphatic heterocycles. The molecule has 5 aromatic rings. The minimum atomic E-state index is -0.847. The number of ether oxygens (including phenoxy) is 2. The highest BCUT2D eigenvalue weighted by Gasteiger charge is 2.20. The summed E-state index contributed by atoms with van der Waals surface area (Å²) in [5.41, 5.74) is -0.531. The Hall–Kier alpha value is -5.39. The Bertz CT molecular complexity index is 1890. The van der Waals surface area contributed by atoms with Gasteiger partial charge in [-0.25, -0.2) is 23.4 Å². The molecule has 5 rings (SSSR count). The van der Waals surface area contributed by atoms with Gasteiger partial charge in [-0.3, -0.25) is 9.59 Å². The van der Waals surface area contributed by atoms with Gasteiger partial charge in [-0.15, -0.1) is 0 Å². The van der Waals surface area contributed by atoms with Crippen molar-refractivity contribution < 1.29 is 27.8 Å². The van der Waals surface area contributed by atoms with Crippen molar-refractivity contribution in [2.45, 2.75) is 26.9 Å². The van der Waals surface area contributed by atoms with Gasteiger partial charge in [0.1, 0.15) is 22.8 Å². The number of halogens is 2. The largest absolute Gasteiger partial charge is 0.462 e. The Kier molecular flexibility index (Phi) is 8.28. The monoisotopic (exact) mass is 588 g/mol. The molecule has 0 saturated heterocycles. The minimum Gasteiger partial charge on any atom is -0.462 e. The Morgan fingerprint density at radius 3 is 1.72 bits per heavy atom. The van der Waals surface area contributed by atoms with Crippen LogP contribution in [0.3, 0.4) is 0 Å². The van der Waals surface area contributed by atoms with Crippen LogP contribution in [0.4, 0.5) is 8.78 Å². The van der Waals surface area contributed by atoms with Crippen molar-refractivity contribution in [2.75, 3.05) is 13.2 Å². The van der Waals surface area contributed by atoms with Gasteiger partial charge < -0.3 is 23.2 Å². The molecule has 220 valence electrons. The SMILES string of the molecule is CCOC(=O)c1cn(CC(=Cn2ccnc2)Cn2cc(C(=O)OCC)c(=O)c3cc(F)ccc32)c2ccc(F)cc2c1=O. The molecule has 3 heterocycles. The van der Waals surface area contributed by atoms with E-state index in [1.807, 2.05) is 0 Å². The molecule has 0 saturated carbocycles. The van der Waals surface area contributed by atoms with Crippen LogP contribution in [0.25, 0.3) is 28.0 Å². The average Bonchev–Trinajstić information content (AvgIpc) is 3.49. The maximum Gasteiger partial charge on any atom is 0.343 e. The van der Waals surface area contributed by atoms with Crippen LogP contribution >= 0.6 is 0 Å². The molecule has 0 aliphatic rings. The first-order valence-corrected chi connectivity index (χ1v) is 13.4. The van der Waals surface area contributed by atoms with Gasteiger partial charge in [-0.05, 0) is 55.8 Å². The molecule has 12 heteroatoms. The van der Waals surface area contributed by atoms with E-state index in [0.717, 1.165) is 12.1 Å². The first-order valence-electron chi connectivity index (χ1n) is 13.4. The molecule has 0 atom stereocenters. The average molecular weight is 589 g/mol. The molecule has 43 heavy (non-hydrogen) atoms. The summed E-state index contributed by atoms with van der Waals surface area (Å²) in [4.78, 5) is 55.7. The summed E-state index contributed by atoms with van der Waals surface area (Å²) in [6, 6.07) is 7.41. The third-order valence-corrected chi connectivity index (χ3v) is 6.68. The topological polar surface area (TPSA) is 114 Å². The number of imidazole rings is 1. The smallest absolute Gasteiger partial charge is 0.343 e. The van der Waals surface area contributed by atoms with Crippen LogP contribution in [0.2, 0.25) is 0 Å². The number of rotatable bonds is 9. The van der Waals surface area contributed by atoms with E-state index in [1.54, 1.807) is 52.5 Å². The van der Waals surface area contributed by atoms with Crippen LogP contribution in [0.15, 0.2) is 82.7 Å². The predicted octanol–water partition coefficient (Wildman–Crippen LogP) is 4.39. The quantitative estimate of drug-likeness (QED) is 0.235. The minimum absolute atomic E-state index is 0.0126. The van der Waals surface area contributed by atoms with Crippen LogP contribution < -0.4 is 10.9 Å². The molecule has 0 bridgehead atoms. The fourth-order valence-corrected chi connectivity index (χ4v) is 4.84. The van der Waals surface area contributed by atoms with Crippen LogP contribution in [-0.2, 0) is 22.6 Å². The molecule has 0 unspecified atom stereocenters. The van der Waals surface area contributed by atoms with E-state index in [0.29, 0.717) is 16.6 Å². The van der Waals surface area contributed by atoms with E-state index >= 15 is 0 Å². The molecular weight excluding hydrogens is 562 g/mol. The predicted molar refractivity (Wildman–Crippen MR) is 155 cm³/mol. The van der Waals surface area contributed by atoms with E-state index < -0.39 is 34.4 Å². The second kappa shape index (κ2) is 12.2. The van der Waals surface area contributed by atoms with Crippen molar-refractivity contribution in [2.24, 2.45) is 0 Å². The highest BCUT2D eigenvalue weighted by atomic mass is 19.1. The lowest BCUT2D eigenvalue weighted by Gasteiger charge is -2.19. The zero-order valence-electron chi connectivity index (χ0n) is 23.3. The number of pyridine rings is 2. The zero-order valence-corrected chi connectivity index (χ0v) is 23.3. The number of carbonyl (C=O) groups is 2. The lowest BCUT2D eigenvalue weighted by Crippen LogP contribution is -2.23. The van der Waals surface area contributed by atoms with Gasteiger partial charge >= 0.3 is 11.9 Å². The molecule has 2 aromatic carbocycles. The summed E-state index contributed by atoms with van der Waals surface area (Å²) in [7, 11) is 0. The van der Waals surface area contributed by atoms with E-state index in [4.69, 9.17) is 9.47 Å². The maximum atomic E-state index is 14.2. The second-order valence-corrected chi connectivity index (χ2v) is 9.56. The van der Waals surface area contributed by atoms with Crippen molar-refractivity contribution in [3.8, 4) is 0 Å². The van der Waals surface area contributed by atoms with Crippen LogP contribution in [-0.4, -0.2) is 43.8 Å². The van der Waals surface area contributed by atoms with Gasteiger partial charge in [0.05, 0.1) is 30.6 Å². The molecule has 0 spiro atoms. The number of allylic oxidation sites excluding steroid dienone is 1. The lowest BCUT2D eigenvalue weighted by molar-refractivity contribution is 0.0514. The summed E-state index contributed by atoms with van der Waals surface area (Å²) < 4.78 is 43.5. The number of hydrogen-bond donors (Lipinski definition) is 0. The summed E-state index contributed by atoms with van der Waals surface area (Å²) in [6.45, 7) is 3.41. The number of nitrogens with zero attached hydrogens (tertiary/aromatic N) is 4. The molecule has 0 aliphatic carbocycles. The Morgan fingerprint density at radius 2 is 1.30 bits per heavy atom. The van der Waals surface area contributed by atoms with Gasteiger partial charge in [0, 0.05) is 54.8 Å². The van der Waals surface area contributed by atoms with Gasteiger partial charge in [0.15, 0.2) is 0 Å². The number of carbonyl (C=O) groups excluding carboxylic acids is 2. The first kappa shape index (κ1) is 29.1. The van der Waals surface area contributed by atoms with Crippen molar-refractivity contribution in [3.05, 3.63) is 116 Å². The number of aromatic nitrogens is 4. The van der Waals surface area contributed by atoms with Crippen molar-refractivity contribution in [3.63, 3.8) is 0 Å². The summed E-state index contributed by atoms with van der Waals surface area (Å²) in [6.07, 6.45) is 9.25. The zero-order chi connectivity index (χ0) is 30.7. The fraction of sp³-hybridized carbons (Fsp3) is 0.194. The highest BCUT2D eigenvalue weighted by Crippen LogP contribution is 2.20.